The molecule has 0 aliphatic rings. The third-order valence-corrected chi connectivity index (χ3v) is 3.63. The number of benzene rings is 2. The molecule has 2 aromatic rings. The molecule has 0 saturated heterocycles. The number of methoxy groups -OCH3 is 1. The minimum atomic E-state index is -0.257. The van der Waals surface area contributed by atoms with Gasteiger partial charge in [-0.05, 0) is 29.3 Å². The van der Waals surface area contributed by atoms with Crippen LogP contribution in [0.5, 0.6) is 0 Å². The van der Waals surface area contributed by atoms with Gasteiger partial charge in [-0.1, -0.05) is 47.5 Å². The highest BCUT2D eigenvalue weighted by molar-refractivity contribution is 6.36. The molecule has 21 heavy (non-hydrogen) atoms. The Morgan fingerprint density at radius 1 is 1.14 bits per heavy atom. The molecule has 2 aromatic carbocycles. The van der Waals surface area contributed by atoms with E-state index in [4.69, 9.17) is 27.9 Å². The molecule has 1 N–H and O–H groups in total. The van der Waals surface area contributed by atoms with Crippen molar-refractivity contribution in [2.24, 2.45) is 0 Å². The number of rotatable bonds is 5. The summed E-state index contributed by atoms with van der Waals surface area (Å²) >= 11 is 12.0. The number of hydrogen-bond acceptors (Lipinski definition) is 3. The van der Waals surface area contributed by atoms with Crippen LogP contribution in [0.15, 0.2) is 42.5 Å². The Balaban J connectivity index is 2.11. The van der Waals surface area contributed by atoms with Gasteiger partial charge in [0.15, 0.2) is 0 Å². The van der Waals surface area contributed by atoms with E-state index in [-0.39, 0.29) is 12.4 Å². The maximum absolute atomic E-state index is 11.4. The van der Waals surface area contributed by atoms with Crippen LogP contribution < -0.4 is 5.32 Å². The van der Waals surface area contributed by atoms with Crippen molar-refractivity contribution in [1.29, 1.82) is 0 Å². The fourth-order valence-corrected chi connectivity index (χ4v) is 2.43. The molecule has 0 heterocycles. The molecular formula is C16H15Cl2NO2. The van der Waals surface area contributed by atoms with Crippen LogP contribution in [0.1, 0.15) is 11.1 Å². The van der Waals surface area contributed by atoms with Crippen molar-refractivity contribution in [2.45, 2.75) is 13.0 Å². The highest BCUT2D eigenvalue weighted by Gasteiger charge is 2.08. The largest absolute Gasteiger partial charge is 0.469 e. The molecule has 0 fully saturated rings. The van der Waals surface area contributed by atoms with Crippen LogP contribution in [0.2, 0.25) is 10.0 Å². The number of carbonyl (C=O) groups excluding carboxylic acids is 1. The van der Waals surface area contributed by atoms with Crippen LogP contribution in [0.4, 0.5) is 5.69 Å². The molecule has 0 atom stereocenters. The normalized spacial score (nSPS) is 10.2. The molecular weight excluding hydrogens is 309 g/mol. The van der Waals surface area contributed by atoms with Gasteiger partial charge < -0.3 is 10.1 Å². The summed E-state index contributed by atoms with van der Waals surface area (Å²) in [5.41, 5.74) is 2.75. The number of ether oxygens (including phenoxy) is 1. The van der Waals surface area contributed by atoms with E-state index in [9.17, 15) is 4.79 Å². The van der Waals surface area contributed by atoms with Crippen LogP contribution in [0, 0.1) is 0 Å². The molecule has 0 amide bonds. The van der Waals surface area contributed by atoms with Crippen molar-refractivity contribution in [3.05, 3.63) is 63.6 Å². The van der Waals surface area contributed by atoms with Crippen LogP contribution >= 0.6 is 23.2 Å². The molecule has 110 valence electrons. The Kier molecular flexibility index (Phi) is 5.48. The lowest BCUT2D eigenvalue weighted by Crippen LogP contribution is -2.09. The highest BCUT2D eigenvalue weighted by Crippen LogP contribution is 2.26. The molecule has 5 heteroatoms. The second-order valence-corrected chi connectivity index (χ2v) is 5.34. The Labute approximate surface area is 133 Å². The first-order valence-electron chi connectivity index (χ1n) is 6.42. The van der Waals surface area contributed by atoms with Gasteiger partial charge in [0.05, 0.1) is 24.2 Å². The van der Waals surface area contributed by atoms with Gasteiger partial charge in [0.25, 0.3) is 0 Å². The van der Waals surface area contributed by atoms with Crippen molar-refractivity contribution in [2.75, 3.05) is 12.4 Å². The predicted octanol–water partition coefficient (Wildman–Crippen LogP) is 4.32. The Morgan fingerprint density at radius 3 is 2.52 bits per heavy atom. The Bertz CT molecular complexity index is 644. The zero-order valence-electron chi connectivity index (χ0n) is 11.5. The van der Waals surface area contributed by atoms with Crippen LogP contribution in [-0.2, 0) is 22.5 Å². The van der Waals surface area contributed by atoms with Gasteiger partial charge in [-0.3, -0.25) is 4.79 Å². The second kappa shape index (κ2) is 7.34. The number of hydrogen-bond donors (Lipinski definition) is 1. The lowest BCUT2D eigenvalue weighted by Gasteiger charge is -2.12. The monoisotopic (exact) mass is 323 g/mol. The zero-order valence-corrected chi connectivity index (χ0v) is 13.0. The van der Waals surface area contributed by atoms with Gasteiger partial charge in [0, 0.05) is 11.6 Å². The fourth-order valence-electron chi connectivity index (χ4n) is 1.95. The molecule has 0 unspecified atom stereocenters. The van der Waals surface area contributed by atoms with E-state index in [1.807, 2.05) is 30.3 Å². The summed E-state index contributed by atoms with van der Waals surface area (Å²) in [5, 5.41) is 4.40. The van der Waals surface area contributed by atoms with Gasteiger partial charge in [-0.15, -0.1) is 0 Å². The number of nitrogens with one attached hydrogen (secondary N) is 1. The van der Waals surface area contributed by atoms with Gasteiger partial charge in [-0.25, -0.2) is 0 Å². The average Bonchev–Trinajstić information content (AvgIpc) is 2.47. The third-order valence-electron chi connectivity index (χ3n) is 3.08. The maximum Gasteiger partial charge on any atom is 0.309 e. The second-order valence-electron chi connectivity index (χ2n) is 4.50. The molecule has 3 nitrogen and oxygen atoms in total. The minimum Gasteiger partial charge on any atom is -0.469 e. The standard InChI is InChI=1S/C16H15Cl2NO2/c1-21-16(20)8-11-4-2-3-5-12(11)10-19-15-7-6-13(17)9-14(15)18/h2-7,9,19H,8,10H2,1H3. The topological polar surface area (TPSA) is 38.3 Å². The Hall–Kier alpha value is -1.71. The zero-order chi connectivity index (χ0) is 15.2. The Morgan fingerprint density at radius 2 is 1.86 bits per heavy atom. The van der Waals surface area contributed by atoms with Crippen LogP contribution in [0.3, 0.4) is 0 Å². The SMILES string of the molecule is COC(=O)Cc1ccccc1CNc1ccc(Cl)cc1Cl. The van der Waals surface area contributed by atoms with E-state index in [1.54, 1.807) is 12.1 Å². The molecule has 2 rings (SSSR count). The molecule has 0 radical (unpaired) electrons. The first-order chi connectivity index (χ1) is 10.1. The summed E-state index contributed by atoms with van der Waals surface area (Å²) < 4.78 is 4.71. The van der Waals surface area contributed by atoms with Crippen molar-refractivity contribution in [3.63, 3.8) is 0 Å². The summed E-state index contributed by atoms with van der Waals surface area (Å²) in [5.74, 6) is -0.257. The van der Waals surface area contributed by atoms with Gasteiger partial charge >= 0.3 is 5.97 Å². The third kappa shape index (κ3) is 4.38. The number of halogens is 2. The van der Waals surface area contributed by atoms with Crippen molar-refractivity contribution < 1.29 is 9.53 Å². The van der Waals surface area contributed by atoms with Gasteiger partial charge in [0.2, 0.25) is 0 Å². The number of anilines is 1. The maximum atomic E-state index is 11.4. The summed E-state index contributed by atoms with van der Waals surface area (Å²) in [6.07, 6.45) is 0.253. The van der Waals surface area contributed by atoms with E-state index >= 15 is 0 Å². The van der Waals surface area contributed by atoms with E-state index in [2.05, 4.69) is 5.32 Å². The van der Waals surface area contributed by atoms with E-state index in [0.717, 1.165) is 16.8 Å². The summed E-state index contributed by atoms with van der Waals surface area (Å²) in [7, 11) is 1.39. The number of carbonyl (C=O) groups is 1. The van der Waals surface area contributed by atoms with E-state index in [0.29, 0.717) is 16.6 Å². The molecule has 0 spiro atoms. The molecule has 0 saturated carbocycles. The lowest BCUT2D eigenvalue weighted by atomic mass is 10.0. The van der Waals surface area contributed by atoms with Crippen LogP contribution in [0.25, 0.3) is 0 Å². The van der Waals surface area contributed by atoms with E-state index < -0.39 is 0 Å². The quantitative estimate of drug-likeness (QED) is 0.833. The van der Waals surface area contributed by atoms with Gasteiger partial charge in [0.1, 0.15) is 0 Å². The molecule has 0 bridgehead atoms. The van der Waals surface area contributed by atoms with Crippen LogP contribution in [-0.4, -0.2) is 13.1 Å². The molecule has 0 aromatic heterocycles. The molecule has 0 aliphatic heterocycles. The molecule has 0 aliphatic carbocycles. The first-order valence-corrected chi connectivity index (χ1v) is 7.18. The smallest absolute Gasteiger partial charge is 0.309 e. The minimum absolute atomic E-state index is 0.253. The lowest BCUT2D eigenvalue weighted by molar-refractivity contribution is -0.139. The highest BCUT2D eigenvalue weighted by atomic mass is 35.5. The fraction of sp³-hybridized carbons (Fsp3) is 0.188. The van der Waals surface area contributed by atoms with Crippen molar-refractivity contribution in [1.82, 2.24) is 0 Å². The summed E-state index contributed by atoms with van der Waals surface area (Å²) in [4.78, 5) is 11.4. The summed E-state index contributed by atoms with van der Waals surface area (Å²) in [6.45, 7) is 0.564. The van der Waals surface area contributed by atoms with Gasteiger partial charge in [-0.2, -0.15) is 0 Å². The predicted molar refractivity (Wildman–Crippen MR) is 86.0 cm³/mol. The average molecular weight is 324 g/mol. The number of esters is 1. The van der Waals surface area contributed by atoms with Crippen molar-refractivity contribution in [3.8, 4) is 0 Å². The summed E-state index contributed by atoms with van der Waals surface area (Å²) in [6, 6.07) is 13.0. The van der Waals surface area contributed by atoms with E-state index in [1.165, 1.54) is 7.11 Å². The van der Waals surface area contributed by atoms with Crippen molar-refractivity contribution >= 4 is 34.9 Å². The first kappa shape index (κ1) is 15.7.